The van der Waals surface area contributed by atoms with Crippen LogP contribution in [0.25, 0.3) is 10.6 Å². The molecule has 0 fully saturated rings. The SMILES string of the molecule is CNCc1cnc(-c2ccc(O)cc2F)s1.O=Cc1ccc2c(c1)NC(=O)c1ccccc1O2. The molecule has 0 spiro atoms. The predicted octanol–water partition coefficient (Wildman–Crippen LogP) is 5.23. The van der Waals surface area contributed by atoms with Gasteiger partial charge < -0.3 is 20.5 Å². The zero-order valence-corrected chi connectivity index (χ0v) is 18.9. The van der Waals surface area contributed by atoms with E-state index in [0.717, 1.165) is 23.8 Å². The van der Waals surface area contributed by atoms with Gasteiger partial charge in [-0.1, -0.05) is 12.1 Å². The summed E-state index contributed by atoms with van der Waals surface area (Å²) in [6, 6.07) is 16.0. The topological polar surface area (TPSA) is 101 Å². The van der Waals surface area contributed by atoms with E-state index in [4.69, 9.17) is 9.84 Å². The van der Waals surface area contributed by atoms with E-state index in [0.29, 0.717) is 38.9 Å². The highest BCUT2D eigenvalue weighted by molar-refractivity contribution is 7.15. The van der Waals surface area contributed by atoms with E-state index in [1.807, 2.05) is 7.05 Å². The summed E-state index contributed by atoms with van der Waals surface area (Å²) in [6.07, 6.45) is 2.45. The van der Waals surface area contributed by atoms with Crippen LogP contribution in [0.3, 0.4) is 0 Å². The average Bonchev–Trinajstić information content (AvgIpc) is 3.23. The van der Waals surface area contributed by atoms with Crippen molar-refractivity contribution in [2.24, 2.45) is 0 Å². The van der Waals surface area contributed by atoms with Gasteiger partial charge in [-0.25, -0.2) is 9.37 Å². The Labute approximate surface area is 198 Å². The molecule has 1 aromatic heterocycles. The Bertz CT molecular complexity index is 1360. The van der Waals surface area contributed by atoms with Crippen LogP contribution in [0, 0.1) is 5.82 Å². The van der Waals surface area contributed by atoms with Gasteiger partial charge in [-0.2, -0.15) is 0 Å². The normalized spacial score (nSPS) is 11.6. The predicted molar refractivity (Wildman–Crippen MR) is 128 cm³/mol. The van der Waals surface area contributed by atoms with Gasteiger partial charge in [0.15, 0.2) is 5.75 Å². The molecule has 0 atom stereocenters. The Hall–Kier alpha value is -4.08. The first kappa shape index (κ1) is 23.1. The number of rotatable bonds is 4. The molecule has 3 aromatic carbocycles. The van der Waals surface area contributed by atoms with Crippen molar-refractivity contribution in [3.8, 4) is 27.8 Å². The first-order chi connectivity index (χ1) is 16.5. The molecule has 4 aromatic rings. The summed E-state index contributed by atoms with van der Waals surface area (Å²) in [7, 11) is 1.85. The second-order valence-corrected chi connectivity index (χ2v) is 8.37. The molecule has 2 heterocycles. The summed E-state index contributed by atoms with van der Waals surface area (Å²) >= 11 is 1.44. The Morgan fingerprint density at radius 1 is 1.12 bits per heavy atom. The lowest BCUT2D eigenvalue weighted by molar-refractivity contribution is 0.102. The minimum Gasteiger partial charge on any atom is -0.508 e. The number of phenolic OH excluding ortho intramolecular Hbond substituents is 1. The lowest BCUT2D eigenvalue weighted by atomic mass is 10.2. The number of carbonyl (C=O) groups is 2. The van der Waals surface area contributed by atoms with Crippen LogP contribution >= 0.6 is 11.3 Å². The molecular formula is C25H20FN3O4S. The van der Waals surface area contributed by atoms with Crippen molar-refractivity contribution in [1.29, 1.82) is 0 Å². The number of amides is 1. The number of nitrogens with one attached hydrogen (secondary N) is 2. The van der Waals surface area contributed by atoms with Gasteiger partial charge in [0.1, 0.15) is 28.6 Å². The summed E-state index contributed by atoms with van der Waals surface area (Å²) in [5.41, 5.74) is 1.89. The van der Waals surface area contributed by atoms with Crippen LogP contribution < -0.4 is 15.4 Å². The number of anilines is 1. The van der Waals surface area contributed by atoms with Gasteiger partial charge >= 0.3 is 0 Å². The molecule has 34 heavy (non-hydrogen) atoms. The molecule has 0 saturated heterocycles. The largest absolute Gasteiger partial charge is 0.508 e. The smallest absolute Gasteiger partial charge is 0.259 e. The number of fused-ring (bicyclic) bond motifs is 2. The number of halogens is 1. The van der Waals surface area contributed by atoms with Gasteiger partial charge in [0, 0.05) is 34.8 Å². The Balaban J connectivity index is 0.000000162. The minimum absolute atomic E-state index is 0.0757. The number of nitrogens with zero attached hydrogens (tertiary/aromatic N) is 1. The third kappa shape index (κ3) is 5.11. The van der Waals surface area contributed by atoms with Crippen molar-refractivity contribution < 1.29 is 23.8 Å². The zero-order valence-electron chi connectivity index (χ0n) is 18.0. The first-order valence-corrected chi connectivity index (χ1v) is 11.1. The number of para-hydroxylation sites is 1. The number of aromatic nitrogens is 1. The van der Waals surface area contributed by atoms with Gasteiger partial charge in [-0.15, -0.1) is 11.3 Å². The lowest BCUT2D eigenvalue weighted by Crippen LogP contribution is -2.10. The van der Waals surface area contributed by atoms with E-state index in [1.54, 1.807) is 48.7 Å². The highest BCUT2D eigenvalue weighted by Crippen LogP contribution is 2.35. The van der Waals surface area contributed by atoms with Crippen LogP contribution in [0.1, 0.15) is 25.6 Å². The quantitative estimate of drug-likeness (QED) is 0.348. The molecule has 9 heteroatoms. The zero-order chi connectivity index (χ0) is 24.1. The van der Waals surface area contributed by atoms with Gasteiger partial charge in [0.05, 0.1) is 11.3 Å². The molecule has 0 aliphatic carbocycles. The van der Waals surface area contributed by atoms with E-state index in [1.165, 1.54) is 23.5 Å². The maximum atomic E-state index is 13.5. The van der Waals surface area contributed by atoms with Gasteiger partial charge in [0.2, 0.25) is 0 Å². The number of aldehydes is 1. The Morgan fingerprint density at radius 3 is 2.71 bits per heavy atom. The fraction of sp³-hybridized carbons (Fsp3) is 0.0800. The molecule has 5 rings (SSSR count). The average molecular weight is 478 g/mol. The Morgan fingerprint density at radius 2 is 1.94 bits per heavy atom. The summed E-state index contributed by atoms with van der Waals surface area (Å²) in [4.78, 5) is 27.9. The van der Waals surface area contributed by atoms with Gasteiger partial charge in [0.25, 0.3) is 5.91 Å². The van der Waals surface area contributed by atoms with Crippen molar-refractivity contribution in [3.05, 3.63) is 88.7 Å². The van der Waals surface area contributed by atoms with E-state index >= 15 is 0 Å². The Kier molecular flexibility index (Phi) is 6.95. The highest BCUT2D eigenvalue weighted by Gasteiger charge is 2.20. The number of aromatic hydroxyl groups is 1. The van der Waals surface area contributed by atoms with Crippen LogP contribution in [0.4, 0.5) is 10.1 Å². The van der Waals surface area contributed by atoms with E-state index in [2.05, 4.69) is 15.6 Å². The summed E-state index contributed by atoms with van der Waals surface area (Å²) in [5.74, 6) is 0.262. The van der Waals surface area contributed by atoms with Crippen LogP contribution in [0.5, 0.6) is 17.2 Å². The highest BCUT2D eigenvalue weighted by atomic mass is 32.1. The van der Waals surface area contributed by atoms with E-state index < -0.39 is 5.82 Å². The summed E-state index contributed by atoms with van der Waals surface area (Å²) in [5, 5.41) is 15.5. The monoisotopic (exact) mass is 477 g/mol. The molecule has 1 aliphatic rings. The first-order valence-electron chi connectivity index (χ1n) is 10.2. The molecule has 0 saturated carbocycles. The number of benzene rings is 3. The molecule has 0 radical (unpaired) electrons. The molecule has 7 nitrogen and oxygen atoms in total. The number of hydrogen-bond acceptors (Lipinski definition) is 7. The maximum Gasteiger partial charge on any atom is 0.259 e. The molecule has 1 aliphatic heterocycles. The summed E-state index contributed by atoms with van der Waals surface area (Å²) < 4.78 is 19.2. The second-order valence-electron chi connectivity index (χ2n) is 7.25. The van der Waals surface area contributed by atoms with Crippen LogP contribution in [-0.4, -0.2) is 29.3 Å². The van der Waals surface area contributed by atoms with E-state index in [-0.39, 0.29) is 11.7 Å². The van der Waals surface area contributed by atoms with E-state index in [9.17, 15) is 14.0 Å². The van der Waals surface area contributed by atoms with Crippen molar-refractivity contribution >= 4 is 29.2 Å². The van der Waals surface area contributed by atoms with Crippen LogP contribution in [-0.2, 0) is 6.54 Å². The minimum atomic E-state index is -0.453. The van der Waals surface area contributed by atoms with Crippen molar-refractivity contribution in [2.45, 2.75) is 6.54 Å². The number of thiazole rings is 1. The second kappa shape index (κ2) is 10.2. The lowest BCUT2D eigenvalue weighted by Gasteiger charge is -2.07. The molecule has 3 N–H and O–H groups in total. The number of carbonyl (C=O) groups excluding carboxylic acids is 2. The van der Waals surface area contributed by atoms with Gasteiger partial charge in [-0.3, -0.25) is 9.59 Å². The number of hydrogen-bond donors (Lipinski definition) is 3. The molecule has 0 bridgehead atoms. The number of ether oxygens (including phenoxy) is 1. The van der Waals surface area contributed by atoms with Crippen molar-refractivity contribution in [1.82, 2.24) is 10.3 Å². The van der Waals surface area contributed by atoms with Gasteiger partial charge in [-0.05, 0) is 49.5 Å². The third-order valence-corrected chi connectivity index (χ3v) is 5.86. The number of phenols is 1. The third-order valence-electron chi connectivity index (χ3n) is 4.83. The van der Waals surface area contributed by atoms with Crippen molar-refractivity contribution in [3.63, 3.8) is 0 Å². The molecular weight excluding hydrogens is 457 g/mol. The molecule has 172 valence electrons. The maximum absolute atomic E-state index is 13.5. The van der Waals surface area contributed by atoms with Crippen LogP contribution in [0.2, 0.25) is 0 Å². The standard InChI is InChI=1S/C14H9NO3.C11H11FN2OS/c16-8-9-5-6-13-11(7-9)15-14(17)10-3-1-2-4-12(10)18-13;1-13-5-8-6-14-11(16-8)9-3-2-7(15)4-10(9)12/h1-8H,(H,15,17);2-4,6,13,15H,5H2,1H3. The fourth-order valence-electron chi connectivity index (χ4n) is 3.22. The fourth-order valence-corrected chi connectivity index (χ4v) is 4.18. The molecule has 0 unspecified atom stereocenters. The summed E-state index contributed by atoms with van der Waals surface area (Å²) in [6.45, 7) is 0.720. The molecule has 1 amide bonds. The van der Waals surface area contributed by atoms with Crippen LogP contribution in [0.15, 0.2) is 66.9 Å². The van der Waals surface area contributed by atoms with Crippen molar-refractivity contribution in [2.75, 3.05) is 12.4 Å².